The van der Waals surface area contributed by atoms with E-state index in [-0.39, 0.29) is 27.5 Å². The summed E-state index contributed by atoms with van der Waals surface area (Å²) < 4.78 is 32.9. The van der Waals surface area contributed by atoms with E-state index in [9.17, 15) is 5.11 Å². The second-order valence-electron chi connectivity index (χ2n) is 35.1. The second-order valence-corrected chi connectivity index (χ2v) is 35.1. The Bertz CT molecular complexity index is 6520. The van der Waals surface area contributed by atoms with Crippen molar-refractivity contribution in [2.45, 2.75) is 102 Å². The first-order valence-electron chi connectivity index (χ1n) is 48.3. The van der Waals surface area contributed by atoms with Crippen LogP contribution in [0.15, 0.2) is 189 Å². The summed E-state index contributed by atoms with van der Waals surface area (Å²) in [5.74, 6) is 7.50. The minimum atomic E-state index is -0.107. The maximum absolute atomic E-state index is 9.61. The summed E-state index contributed by atoms with van der Waals surface area (Å²) in [6.45, 7) is 31.4. The summed E-state index contributed by atoms with van der Waals surface area (Å²) >= 11 is 0. The lowest BCUT2D eigenvalue weighted by molar-refractivity contribution is 0.121. The summed E-state index contributed by atoms with van der Waals surface area (Å²) in [6, 6.07) is 55.4. The molecule has 0 aliphatic carbocycles. The van der Waals surface area contributed by atoms with Crippen molar-refractivity contribution >= 4 is 143 Å². The van der Waals surface area contributed by atoms with Gasteiger partial charge in [0.2, 0.25) is 71.4 Å². The Labute approximate surface area is 835 Å². The lowest BCUT2D eigenvalue weighted by Gasteiger charge is -2.30. The molecule has 143 heavy (non-hydrogen) atoms. The van der Waals surface area contributed by atoms with Crippen LogP contribution in [0.3, 0.4) is 0 Å². The van der Waals surface area contributed by atoms with Gasteiger partial charge in [-0.25, -0.2) is 0 Å². The molecule has 8 aromatic heterocycles. The number of morpholine rings is 5. The van der Waals surface area contributed by atoms with Gasteiger partial charge in [-0.3, -0.25) is 19.9 Å². The average molecular weight is 1940 g/mol. The lowest BCUT2D eigenvalue weighted by Crippen LogP contribution is -2.40. The first kappa shape index (κ1) is 102. The smallest absolute Gasteiger partial charge is 0.233 e. The molecule has 748 valence electrons. The van der Waals surface area contributed by atoms with Gasteiger partial charge in [-0.1, -0.05) is 99.8 Å². The highest BCUT2D eigenvalue weighted by atomic mass is 16.5. The van der Waals surface area contributed by atoms with Crippen molar-refractivity contribution in [3.63, 3.8) is 0 Å². The Morgan fingerprint density at radius 2 is 0.706 bits per heavy atom. The van der Waals surface area contributed by atoms with Crippen molar-refractivity contribution in [1.82, 2.24) is 79.7 Å². The third kappa shape index (κ3) is 28.5. The van der Waals surface area contributed by atoms with Gasteiger partial charge in [0.15, 0.2) is 0 Å². The van der Waals surface area contributed by atoms with Crippen molar-refractivity contribution in [2.24, 2.45) is 0 Å². The summed E-state index contributed by atoms with van der Waals surface area (Å²) in [5.41, 5.74) is 19.1. The number of para-hydroxylation sites is 2. The van der Waals surface area contributed by atoms with Crippen LogP contribution in [0.5, 0.6) is 5.75 Å². The Morgan fingerprint density at radius 1 is 0.343 bits per heavy atom. The monoisotopic (exact) mass is 1940 g/mol. The fourth-order valence-corrected chi connectivity index (χ4v) is 16.8. The van der Waals surface area contributed by atoms with Crippen molar-refractivity contribution in [3.8, 4) is 5.75 Å². The number of methoxy groups -OCH3 is 1. The van der Waals surface area contributed by atoms with Crippen LogP contribution in [-0.4, -0.2) is 256 Å². The number of aliphatic hydroxyl groups excluding tert-OH is 1. The SMILES string of the molecule is C.C.COc1cc(CO)cc(Nc2nc(NCNc3ccnc4cc(C)ccc34)nc(N3CCOCC3)n2)c1.Cc1ccc2c(CCC(C)Nc3nc(N4CCOCC4)nc(N4CCOCC4)n3)ccnc2c1.Cc1ccc2c(CCCNc3nc(Nc4ccccc4C)nc(Nc4ccccc4C)n3)ccnc2c1.Cc1ccc2c(NCCNc3nc(N4CCOCC4)nc(N4CCOCC4)n3)ccnc2c1. The average Bonchev–Trinajstić information content (AvgIpc) is 0.853. The molecule has 13 heterocycles. The van der Waals surface area contributed by atoms with Gasteiger partial charge in [-0.2, -0.15) is 59.8 Å². The number of hydrogen-bond acceptors (Lipinski definition) is 37. The van der Waals surface area contributed by atoms with Crippen molar-refractivity contribution in [3.05, 3.63) is 239 Å². The molecule has 0 saturated carbocycles. The van der Waals surface area contributed by atoms with Crippen LogP contribution >= 0.6 is 0 Å². The van der Waals surface area contributed by atoms with E-state index in [0.29, 0.717) is 181 Å². The maximum atomic E-state index is 9.61. The molecule has 0 amide bonds. The molecule has 37 heteroatoms. The summed E-state index contributed by atoms with van der Waals surface area (Å²) in [6.07, 6.45) is 11.2. The number of benzene rings is 7. The number of nitrogens with one attached hydrogen (secondary N) is 9. The Balaban J connectivity index is 0.000000143. The Morgan fingerprint density at radius 3 is 1.15 bits per heavy atom. The van der Waals surface area contributed by atoms with E-state index in [1.807, 2.05) is 79.3 Å². The molecule has 0 radical (unpaired) electrons. The van der Waals surface area contributed by atoms with Crippen LogP contribution in [-0.2, 0) is 43.1 Å². The number of rotatable bonds is 32. The van der Waals surface area contributed by atoms with Gasteiger partial charge in [-0.15, -0.1) is 0 Å². The molecule has 1 unspecified atom stereocenters. The molecule has 5 aliphatic heterocycles. The van der Waals surface area contributed by atoms with E-state index in [0.717, 1.165) is 158 Å². The second kappa shape index (κ2) is 50.9. The molecule has 10 N–H and O–H groups in total. The van der Waals surface area contributed by atoms with E-state index in [4.69, 9.17) is 58.3 Å². The minimum Gasteiger partial charge on any atom is -0.497 e. The van der Waals surface area contributed by atoms with Crippen LogP contribution < -0.4 is 77.1 Å². The Kier molecular flexibility index (Phi) is 36.4. The van der Waals surface area contributed by atoms with Gasteiger partial charge < -0.3 is 106 Å². The number of hydrogen-bond donors (Lipinski definition) is 10. The van der Waals surface area contributed by atoms with Gasteiger partial charge in [0.1, 0.15) is 5.75 Å². The number of nitrogens with zero attached hydrogens (tertiary/aromatic N) is 21. The van der Waals surface area contributed by atoms with Gasteiger partial charge in [0.05, 0.1) is 109 Å². The molecule has 20 rings (SSSR count). The number of fused-ring (bicyclic) bond motifs is 4. The van der Waals surface area contributed by atoms with Gasteiger partial charge >= 0.3 is 0 Å². The fraction of sp³-hybridized carbons (Fsp3) is 0.377. The van der Waals surface area contributed by atoms with Gasteiger partial charge in [-0.05, 0) is 197 Å². The number of aryl methyl sites for hydroxylation is 8. The molecule has 5 aliphatic rings. The highest BCUT2D eigenvalue weighted by Crippen LogP contribution is 2.32. The fourth-order valence-electron chi connectivity index (χ4n) is 16.8. The molecule has 7 aromatic carbocycles. The summed E-state index contributed by atoms with van der Waals surface area (Å²) in [5, 5.41) is 44.6. The zero-order valence-electron chi connectivity index (χ0n) is 81.3. The third-order valence-electron chi connectivity index (χ3n) is 24.5. The molecule has 5 fully saturated rings. The van der Waals surface area contributed by atoms with Crippen LogP contribution in [0.25, 0.3) is 43.6 Å². The van der Waals surface area contributed by atoms with E-state index in [1.165, 1.54) is 44.2 Å². The zero-order valence-corrected chi connectivity index (χ0v) is 81.3. The number of ether oxygens (including phenoxy) is 6. The molecular formula is C106H132N30O7. The van der Waals surface area contributed by atoms with Gasteiger partial charge in [0.25, 0.3) is 0 Å². The highest BCUT2D eigenvalue weighted by molar-refractivity contribution is 5.93. The number of aliphatic hydroxyl groups is 1. The molecule has 5 saturated heterocycles. The molecule has 37 nitrogen and oxygen atoms in total. The quantitative estimate of drug-likeness (QED) is 0.0138. The van der Waals surface area contributed by atoms with E-state index >= 15 is 0 Å². The third-order valence-corrected chi connectivity index (χ3v) is 24.5. The number of anilines is 17. The van der Waals surface area contributed by atoms with Gasteiger partial charge in [0, 0.05) is 172 Å². The van der Waals surface area contributed by atoms with E-state index in [2.05, 4.69) is 268 Å². The molecular weight excluding hydrogens is 1810 g/mol. The topological polar surface area (TPSA) is 406 Å². The number of aromatic nitrogens is 16. The van der Waals surface area contributed by atoms with Crippen LogP contribution in [0.2, 0.25) is 0 Å². The van der Waals surface area contributed by atoms with Crippen LogP contribution in [0, 0.1) is 41.5 Å². The zero-order chi connectivity index (χ0) is 97.0. The first-order valence-corrected chi connectivity index (χ1v) is 48.3. The predicted octanol–water partition coefficient (Wildman–Crippen LogP) is 16.2. The molecule has 0 bridgehead atoms. The van der Waals surface area contributed by atoms with Crippen LogP contribution in [0.4, 0.5) is 99.8 Å². The molecule has 15 aromatic rings. The Hall–Kier alpha value is -15.0. The van der Waals surface area contributed by atoms with Crippen LogP contribution in [0.1, 0.15) is 84.7 Å². The molecule has 0 spiro atoms. The van der Waals surface area contributed by atoms with Crippen molar-refractivity contribution in [1.29, 1.82) is 0 Å². The maximum Gasteiger partial charge on any atom is 0.233 e. The highest BCUT2D eigenvalue weighted by Gasteiger charge is 2.26. The first-order chi connectivity index (χ1) is 69.1. The predicted molar refractivity (Wildman–Crippen MR) is 572 cm³/mol. The largest absolute Gasteiger partial charge is 0.497 e. The van der Waals surface area contributed by atoms with E-state index < -0.39 is 0 Å². The normalized spacial score (nSPS) is 14.4. The lowest BCUT2D eigenvalue weighted by atomic mass is 10.0. The minimum absolute atomic E-state index is 0. The summed E-state index contributed by atoms with van der Waals surface area (Å²) in [7, 11) is 1.59. The van der Waals surface area contributed by atoms with Crippen molar-refractivity contribution in [2.75, 3.05) is 237 Å². The standard InChI is InChI=1S/C30H31N7.C26H30N8O3.C25H33N7O2.C23H30N8O2.2CH4/c1-20-14-15-24-23(16-18-31-27(24)19-20)11-8-17-32-28-35-29(33-25-12-6-4-9-21(25)2)37-30(36-28)34-26-13-7-5-10-22(26)3;1-17-3-4-21-22(5-6-27-23(21)11-17)28-16-29-24-31-25(33-26(32-24)34-7-9-37-10-8-34)30-19-12-18(15-35)13-20(14-19)36-2;1-18-3-6-21-20(7-8-26-22(21)17-18)5-4-19(2)27-23-28-24(31-9-13-33-14-10-31)30-25(29-23)32-11-15-34-16-12-32;1-17-2-3-18-19(4-5-24-20(18)16-17)25-6-7-26-21-27-22(30-8-12-32-13-9-30)29-23(28-21)31-10-14-33-15-11-31;;/h4-7,9-10,12-16,18-19H,8,11,17H2,1-3H3,(H3,32,33,34,35,36,37);3-6,11-14,35H,7-10,15-16H2,1-2H3,(H,27,28)(H2,29,30,31,32,33);3,6-8,17,19H,4-5,9-16H2,1-2H3,(H,27,28,29,30);2-5,16H,6-15H2,1H3,(H,24,25)(H,26,27,28,29);2*1H4. The molecule has 1 atom stereocenters. The number of pyridine rings is 4. The summed E-state index contributed by atoms with van der Waals surface area (Å²) in [4.78, 5) is 85.0. The van der Waals surface area contributed by atoms with E-state index in [1.54, 1.807) is 19.4 Å². The van der Waals surface area contributed by atoms with Crippen molar-refractivity contribution < 1.29 is 33.5 Å².